The molecule has 114 valence electrons. The van der Waals surface area contributed by atoms with Crippen LogP contribution in [0, 0.1) is 12.7 Å². The summed E-state index contributed by atoms with van der Waals surface area (Å²) in [5.74, 6) is -0.695. The second-order valence-corrected chi connectivity index (χ2v) is 5.20. The van der Waals surface area contributed by atoms with Crippen LogP contribution in [0.1, 0.15) is 11.1 Å². The van der Waals surface area contributed by atoms with Crippen molar-refractivity contribution in [2.24, 2.45) is 0 Å². The highest BCUT2D eigenvalue weighted by atomic mass is 19.1. The molecule has 3 rings (SSSR count). The van der Waals surface area contributed by atoms with Crippen molar-refractivity contribution in [2.45, 2.75) is 6.92 Å². The molecule has 0 atom stereocenters. The van der Waals surface area contributed by atoms with Crippen molar-refractivity contribution in [2.75, 3.05) is 5.32 Å². The summed E-state index contributed by atoms with van der Waals surface area (Å²) in [6.07, 6.45) is 4.85. The van der Waals surface area contributed by atoms with Gasteiger partial charge in [-0.1, -0.05) is 30.3 Å². The van der Waals surface area contributed by atoms with E-state index in [1.165, 1.54) is 18.2 Å². The van der Waals surface area contributed by atoms with Crippen LogP contribution in [0.2, 0.25) is 0 Å². The number of nitrogens with one attached hydrogen (secondary N) is 1. The highest BCUT2D eigenvalue weighted by Gasteiger charge is 2.04. The largest absolute Gasteiger partial charge is 0.322 e. The minimum absolute atomic E-state index is 0.313. The number of rotatable bonds is 3. The lowest BCUT2D eigenvalue weighted by atomic mass is 10.1. The minimum Gasteiger partial charge on any atom is -0.322 e. The summed E-state index contributed by atoms with van der Waals surface area (Å²) in [7, 11) is 0. The number of hydrogen-bond acceptors (Lipinski definition) is 2. The van der Waals surface area contributed by atoms with E-state index in [4.69, 9.17) is 0 Å². The summed E-state index contributed by atoms with van der Waals surface area (Å²) >= 11 is 0. The Morgan fingerprint density at radius 2 is 2.00 bits per heavy atom. The summed E-state index contributed by atoms with van der Waals surface area (Å²) in [5.41, 5.74) is 2.96. The molecule has 1 aromatic heterocycles. The van der Waals surface area contributed by atoms with E-state index in [1.54, 1.807) is 18.3 Å². The topological polar surface area (TPSA) is 42.0 Å². The van der Waals surface area contributed by atoms with Crippen LogP contribution in [0.5, 0.6) is 0 Å². The SMILES string of the molecule is Cc1ccc(F)cc1NC(=O)/C=C/c1cccc2cccnc12. The van der Waals surface area contributed by atoms with Gasteiger partial charge in [-0.25, -0.2) is 4.39 Å². The molecule has 3 aromatic rings. The second-order valence-electron chi connectivity index (χ2n) is 5.20. The maximum atomic E-state index is 13.2. The summed E-state index contributed by atoms with van der Waals surface area (Å²) in [5, 5.41) is 3.69. The number of nitrogens with zero attached hydrogens (tertiary/aromatic N) is 1. The zero-order chi connectivity index (χ0) is 16.2. The van der Waals surface area contributed by atoms with Crippen molar-refractivity contribution in [3.05, 3.63) is 77.7 Å². The third kappa shape index (κ3) is 3.43. The molecule has 3 nitrogen and oxygen atoms in total. The molecule has 0 fully saturated rings. The lowest BCUT2D eigenvalue weighted by Crippen LogP contribution is -2.09. The van der Waals surface area contributed by atoms with E-state index < -0.39 is 0 Å². The first-order chi connectivity index (χ1) is 11.1. The molecule has 0 saturated carbocycles. The third-order valence-electron chi connectivity index (χ3n) is 3.54. The molecule has 0 spiro atoms. The smallest absolute Gasteiger partial charge is 0.248 e. The van der Waals surface area contributed by atoms with Gasteiger partial charge in [-0.2, -0.15) is 0 Å². The molecule has 1 N–H and O–H groups in total. The molecule has 23 heavy (non-hydrogen) atoms. The van der Waals surface area contributed by atoms with Crippen LogP contribution in [0.25, 0.3) is 17.0 Å². The fourth-order valence-corrected chi connectivity index (χ4v) is 2.33. The van der Waals surface area contributed by atoms with Crippen molar-refractivity contribution in [1.82, 2.24) is 4.98 Å². The average Bonchev–Trinajstić information content (AvgIpc) is 2.56. The fourth-order valence-electron chi connectivity index (χ4n) is 2.33. The average molecular weight is 306 g/mol. The summed E-state index contributed by atoms with van der Waals surface area (Å²) < 4.78 is 13.2. The van der Waals surface area contributed by atoms with E-state index in [2.05, 4.69) is 10.3 Å². The van der Waals surface area contributed by atoms with E-state index in [-0.39, 0.29) is 11.7 Å². The number of benzene rings is 2. The maximum Gasteiger partial charge on any atom is 0.248 e. The number of anilines is 1. The predicted molar refractivity (Wildman–Crippen MR) is 90.5 cm³/mol. The first kappa shape index (κ1) is 14.9. The number of aromatic nitrogens is 1. The van der Waals surface area contributed by atoms with Gasteiger partial charge >= 0.3 is 0 Å². The summed E-state index contributed by atoms with van der Waals surface area (Å²) in [6.45, 7) is 1.81. The van der Waals surface area contributed by atoms with Crippen LogP contribution in [-0.4, -0.2) is 10.9 Å². The van der Waals surface area contributed by atoms with Gasteiger partial charge < -0.3 is 5.32 Å². The Hall–Kier alpha value is -3.01. The molecule has 0 radical (unpaired) electrons. The Kier molecular flexibility index (Phi) is 4.15. The van der Waals surface area contributed by atoms with E-state index >= 15 is 0 Å². The molecule has 1 heterocycles. The summed E-state index contributed by atoms with van der Waals surface area (Å²) in [4.78, 5) is 16.4. The Balaban J connectivity index is 1.82. The Labute approximate surface area is 133 Å². The number of aryl methyl sites for hydroxylation is 1. The van der Waals surface area contributed by atoms with Gasteiger partial charge in [0.25, 0.3) is 0 Å². The van der Waals surface area contributed by atoms with Crippen molar-refractivity contribution >= 4 is 28.6 Å². The molecule has 0 unspecified atom stereocenters. The predicted octanol–water partition coefficient (Wildman–Crippen LogP) is 4.33. The van der Waals surface area contributed by atoms with Gasteiger partial charge in [-0.05, 0) is 36.8 Å². The summed E-state index contributed by atoms with van der Waals surface area (Å²) in [6, 6.07) is 13.9. The van der Waals surface area contributed by atoms with Crippen LogP contribution >= 0.6 is 0 Å². The zero-order valence-corrected chi connectivity index (χ0v) is 12.6. The van der Waals surface area contributed by atoms with Crippen molar-refractivity contribution < 1.29 is 9.18 Å². The second kappa shape index (κ2) is 6.40. The Bertz CT molecular complexity index is 898. The van der Waals surface area contributed by atoms with Crippen LogP contribution < -0.4 is 5.32 Å². The van der Waals surface area contributed by atoms with Gasteiger partial charge in [0.1, 0.15) is 5.82 Å². The number of fused-ring (bicyclic) bond motifs is 1. The first-order valence-electron chi connectivity index (χ1n) is 7.22. The van der Waals surface area contributed by atoms with Gasteiger partial charge in [0.15, 0.2) is 0 Å². The lowest BCUT2D eigenvalue weighted by Gasteiger charge is -2.06. The van der Waals surface area contributed by atoms with Gasteiger partial charge in [0.05, 0.1) is 5.52 Å². The lowest BCUT2D eigenvalue weighted by molar-refractivity contribution is -0.111. The van der Waals surface area contributed by atoms with Gasteiger partial charge in [-0.15, -0.1) is 0 Å². The van der Waals surface area contributed by atoms with Crippen LogP contribution in [0.3, 0.4) is 0 Å². The normalized spacial score (nSPS) is 11.0. The molecular weight excluding hydrogens is 291 g/mol. The standard InChI is InChI=1S/C19H15FN2O/c1-13-7-9-16(20)12-17(13)22-18(23)10-8-15-5-2-4-14-6-3-11-21-19(14)15/h2-12H,1H3,(H,22,23)/b10-8+. The highest BCUT2D eigenvalue weighted by molar-refractivity contribution is 6.03. The molecule has 0 aliphatic rings. The van der Waals surface area contributed by atoms with E-state index in [0.717, 1.165) is 22.0 Å². The van der Waals surface area contributed by atoms with Crippen molar-refractivity contribution in [3.63, 3.8) is 0 Å². The maximum absolute atomic E-state index is 13.2. The van der Waals surface area contributed by atoms with Gasteiger partial charge in [0.2, 0.25) is 5.91 Å². The number of hydrogen-bond donors (Lipinski definition) is 1. The highest BCUT2D eigenvalue weighted by Crippen LogP contribution is 2.18. The molecule has 0 aliphatic carbocycles. The van der Waals surface area contributed by atoms with Crippen LogP contribution in [0.15, 0.2) is 60.8 Å². The molecule has 0 bridgehead atoms. The monoisotopic (exact) mass is 306 g/mol. The van der Waals surface area contributed by atoms with E-state index in [9.17, 15) is 9.18 Å². The zero-order valence-electron chi connectivity index (χ0n) is 12.6. The minimum atomic E-state index is -0.381. The molecular formula is C19H15FN2O. The molecule has 0 aliphatic heterocycles. The van der Waals surface area contributed by atoms with Crippen LogP contribution in [-0.2, 0) is 4.79 Å². The van der Waals surface area contributed by atoms with Crippen LogP contribution in [0.4, 0.5) is 10.1 Å². The molecule has 1 amide bonds. The van der Waals surface area contributed by atoms with E-state index in [1.807, 2.05) is 37.3 Å². The first-order valence-corrected chi connectivity index (χ1v) is 7.22. The molecule has 0 saturated heterocycles. The fraction of sp³-hybridized carbons (Fsp3) is 0.0526. The number of carbonyl (C=O) groups excluding carboxylic acids is 1. The number of pyridine rings is 1. The quantitative estimate of drug-likeness (QED) is 0.732. The van der Waals surface area contributed by atoms with Gasteiger partial charge in [-0.3, -0.25) is 9.78 Å². The molecule has 4 heteroatoms. The van der Waals surface area contributed by atoms with Crippen molar-refractivity contribution in [3.8, 4) is 0 Å². The molecule has 2 aromatic carbocycles. The Morgan fingerprint density at radius 3 is 2.87 bits per heavy atom. The number of halogens is 1. The number of amides is 1. The van der Waals surface area contributed by atoms with E-state index in [0.29, 0.717) is 5.69 Å². The van der Waals surface area contributed by atoms with Gasteiger partial charge in [0, 0.05) is 28.9 Å². The third-order valence-corrected chi connectivity index (χ3v) is 3.54. The van der Waals surface area contributed by atoms with Crippen molar-refractivity contribution in [1.29, 1.82) is 0 Å². The number of para-hydroxylation sites is 1. The Morgan fingerprint density at radius 1 is 1.17 bits per heavy atom. The number of carbonyl (C=O) groups is 1.